The van der Waals surface area contributed by atoms with Crippen LogP contribution in [0.25, 0.3) is 0 Å². The quantitative estimate of drug-likeness (QED) is 0.690. The largest absolute Gasteiger partial charge is 0.439 e. The van der Waals surface area contributed by atoms with Gasteiger partial charge in [0.05, 0.1) is 5.92 Å². The van der Waals surface area contributed by atoms with Crippen molar-refractivity contribution >= 4 is 0 Å². The van der Waals surface area contributed by atoms with Crippen molar-refractivity contribution < 1.29 is 19.3 Å². The van der Waals surface area contributed by atoms with Crippen molar-refractivity contribution in [3.8, 4) is 5.75 Å². The van der Waals surface area contributed by atoms with Gasteiger partial charge in [-0.3, -0.25) is 0 Å². The van der Waals surface area contributed by atoms with Gasteiger partial charge in [0.1, 0.15) is 11.6 Å². The van der Waals surface area contributed by atoms with Crippen LogP contribution in [-0.2, 0) is 6.42 Å². The molecule has 1 aliphatic carbocycles. The number of rotatable bonds is 5. The van der Waals surface area contributed by atoms with Crippen molar-refractivity contribution in [2.75, 3.05) is 19.6 Å². The van der Waals surface area contributed by atoms with Gasteiger partial charge in [0.2, 0.25) is 0 Å². The number of aliphatic hydroxyl groups is 2. The smallest absolute Gasteiger partial charge is 0.326 e. The molecule has 2 aromatic rings. The Kier molecular flexibility index (Phi) is 4.47. The Morgan fingerprint density at radius 1 is 1.15 bits per heavy atom. The molecule has 1 fully saturated rings. The highest BCUT2D eigenvalue weighted by atomic mass is 19.1. The number of likely N-dealkylation sites (tertiary alicyclic amines) is 1. The van der Waals surface area contributed by atoms with Gasteiger partial charge >= 0.3 is 5.97 Å². The summed E-state index contributed by atoms with van der Waals surface area (Å²) in [5.41, 5.74) is 3.37. The summed E-state index contributed by atoms with van der Waals surface area (Å²) in [5.74, 6) is -2.77. The number of ether oxygens (including phenoxy) is 1. The van der Waals surface area contributed by atoms with E-state index in [4.69, 9.17) is 4.74 Å². The fourth-order valence-electron chi connectivity index (χ4n) is 3.98. The van der Waals surface area contributed by atoms with Crippen LogP contribution in [0.2, 0.25) is 0 Å². The van der Waals surface area contributed by atoms with E-state index < -0.39 is 11.9 Å². The van der Waals surface area contributed by atoms with E-state index in [0.717, 1.165) is 31.5 Å². The molecule has 26 heavy (non-hydrogen) atoms. The van der Waals surface area contributed by atoms with E-state index in [1.807, 2.05) is 12.1 Å². The molecular formula is C21H24FNO3. The van der Waals surface area contributed by atoms with Crippen molar-refractivity contribution in [2.45, 2.75) is 31.7 Å². The molecule has 2 atom stereocenters. The van der Waals surface area contributed by atoms with Gasteiger partial charge in [0.15, 0.2) is 0 Å². The molecular weight excluding hydrogens is 333 g/mol. The van der Waals surface area contributed by atoms with Gasteiger partial charge in [-0.05, 0) is 72.8 Å². The molecule has 2 N–H and O–H groups in total. The van der Waals surface area contributed by atoms with Crippen LogP contribution in [0.5, 0.6) is 5.75 Å². The van der Waals surface area contributed by atoms with Crippen molar-refractivity contribution in [1.82, 2.24) is 4.90 Å². The SMILES string of the molecule is CCN1CC[C@@H](c2ccc(F)cc2)[C@H](C(O)(O)Oc2ccc3c(c2)C3)C1. The Hall–Kier alpha value is -1.95. The van der Waals surface area contributed by atoms with E-state index in [1.54, 1.807) is 18.2 Å². The summed E-state index contributed by atoms with van der Waals surface area (Å²) in [4.78, 5) is 2.18. The predicted octanol–water partition coefficient (Wildman–Crippen LogP) is 2.87. The highest BCUT2D eigenvalue weighted by Crippen LogP contribution is 2.40. The zero-order valence-electron chi connectivity index (χ0n) is 14.9. The molecule has 1 aliphatic heterocycles. The van der Waals surface area contributed by atoms with Crippen molar-refractivity contribution in [1.29, 1.82) is 0 Å². The molecule has 0 unspecified atom stereocenters. The molecule has 1 saturated heterocycles. The second-order valence-corrected chi connectivity index (χ2v) is 7.31. The van der Waals surface area contributed by atoms with Crippen LogP contribution in [0.15, 0.2) is 42.5 Å². The maximum atomic E-state index is 13.3. The van der Waals surface area contributed by atoms with E-state index in [9.17, 15) is 14.6 Å². The number of nitrogens with zero attached hydrogens (tertiary/aromatic N) is 1. The maximum Gasteiger partial charge on any atom is 0.326 e. The third-order valence-electron chi connectivity index (χ3n) is 5.63. The van der Waals surface area contributed by atoms with Crippen molar-refractivity contribution in [3.05, 3.63) is 65.0 Å². The highest BCUT2D eigenvalue weighted by molar-refractivity contribution is 5.49. The van der Waals surface area contributed by atoms with Crippen molar-refractivity contribution in [3.63, 3.8) is 0 Å². The molecule has 2 aliphatic rings. The summed E-state index contributed by atoms with van der Waals surface area (Å²) >= 11 is 0. The Bertz CT molecular complexity index is 790. The minimum atomic E-state index is -2.30. The lowest BCUT2D eigenvalue weighted by Crippen LogP contribution is -2.54. The second-order valence-electron chi connectivity index (χ2n) is 7.31. The van der Waals surface area contributed by atoms with Gasteiger partial charge in [-0.1, -0.05) is 25.1 Å². The van der Waals surface area contributed by atoms with Crippen LogP contribution >= 0.6 is 0 Å². The molecule has 2 aromatic carbocycles. The number of benzene rings is 2. The van der Waals surface area contributed by atoms with Gasteiger partial charge in [0.25, 0.3) is 0 Å². The highest BCUT2D eigenvalue weighted by Gasteiger charge is 2.46. The molecule has 0 aromatic heterocycles. The normalized spacial score (nSPS) is 22.8. The Morgan fingerprint density at radius 2 is 1.92 bits per heavy atom. The summed E-state index contributed by atoms with van der Waals surface area (Å²) in [6.45, 7) is 4.27. The molecule has 1 heterocycles. The lowest BCUT2D eigenvalue weighted by atomic mass is 9.79. The summed E-state index contributed by atoms with van der Waals surface area (Å²) in [5, 5.41) is 21.7. The number of hydrogen-bond acceptors (Lipinski definition) is 4. The van der Waals surface area contributed by atoms with Gasteiger partial charge in [0, 0.05) is 6.54 Å². The first-order chi connectivity index (χ1) is 12.5. The van der Waals surface area contributed by atoms with Gasteiger partial charge < -0.3 is 19.8 Å². The van der Waals surface area contributed by atoms with Crippen LogP contribution in [0.3, 0.4) is 0 Å². The predicted molar refractivity (Wildman–Crippen MR) is 96.4 cm³/mol. The monoisotopic (exact) mass is 357 g/mol. The van der Waals surface area contributed by atoms with E-state index in [-0.39, 0.29) is 11.7 Å². The first-order valence-electron chi connectivity index (χ1n) is 9.19. The fourth-order valence-corrected chi connectivity index (χ4v) is 3.98. The van der Waals surface area contributed by atoms with Crippen LogP contribution < -0.4 is 4.74 Å². The van der Waals surface area contributed by atoms with E-state index in [1.165, 1.54) is 23.3 Å². The lowest BCUT2D eigenvalue weighted by Gasteiger charge is -2.43. The van der Waals surface area contributed by atoms with Crippen LogP contribution in [0.4, 0.5) is 4.39 Å². The van der Waals surface area contributed by atoms with E-state index in [2.05, 4.69) is 11.8 Å². The zero-order valence-corrected chi connectivity index (χ0v) is 14.9. The van der Waals surface area contributed by atoms with Crippen LogP contribution in [0.1, 0.15) is 36.0 Å². The molecule has 4 nitrogen and oxygen atoms in total. The number of fused-ring (bicyclic) bond motifs is 1. The zero-order chi connectivity index (χ0) is 18.3. The average molecular weight is 357 g/mol. The van der Waals surface area contributed by atoms with E-state index in [0.29, 0.717) is 12.3 Å². The van der Waals surface area contributed by atoms with Gasteiger partial charge in [-0.25, -0.2) is 4.39 Å². The molecule has 0 amide bonds. The topological polar surface area (TPSA) is 52.9 Å². The second kappa shape index (κ2) is 6.65. The molecule has 5 heteroatoms. The molecule has 138 valence electrons. The summed E-state index contributed by atoms with van der Waals surface area (Å²) in [7, 11) is 0. The number of hydrogen-bond donors (Lipinski definition) is 2. The standard InChI is InChI=1S/C21H24FNO3/c1-2-23-10-9-19(14-3-6-17(22)7-4-14)20(13-23)21(24,25)26-18-8-5-15-11-16(15)12-18/h3-8,12,19-20,24-25H,2,9-11,13H2,1H3/t19-,20+/m0/s1. The van der Waals surface area contributed by atoms with E-state index >= 15 is 0 Å². The first kappa shape index (κ1) is 17.5. The van der Waals surface area contributed by atoms with Crippen LogP contribution in [-0.4, -0.2) is 40.7 Å². The number of halogens is 1. The summed E-state index contributed by atoms with van der Waals surface area (Å²) < 4.78 is 18.9. The number of piperidine rings is 1. The Balaban J connectivity index is 1.60. The third-order valence-corrected chi connectivity index (χ3v) is 5.63. The Morgan fingerprint density at radius 3 is 2.62 bits per heavy atom. The molecule has 4 rings (SSSR count). The molecule has 0 saturated carbocycles. The molecule has 0 radical (unpaired) electrons. The minimum Gasteiger partial charge on any atom is -0.439 e. The third kappa shape index (κ3) is 3.47. The van der Waals surface area contributed by atoms with Gasteiger partial charge in [-0.2, -0.15) is 0 Å². The minimum absolute atomic E-state index is 0.114. The summed E-state index contributed by atoms with van der Waals surface area (Å²) in [6, 6.07) is 11.9. The van der Waals surface area contributed by atoms with Crippen molar-refractivity contribution in [2.24, 2.45) is 5.92 Å². The lowest BCUT2D eigenvalue weighted by molar-refractivity contribution is -0.331. The van der Waals surface area contributed by atoms with Gasteiger partial charge in [-0.15, -0.1) is 0 Å². The van der Waals surface area contributed by atoms with Crippen LogP contribution in [0, 0.1) is 11.7 Å². The average Bonchev–Trinajstić information content (AvgIpc) is 3.40. The molecule has 0 bridgehead atoms. The summed E-state index contributed by atoms with van der Waals surface area (Å²) in [6.07, 6.45) is 1.71. The fraction of sp³-hybridized carbons (Fsp3) is 0.429. The first-order valence-corrected chi connectivity index (χ1v) is 9.19. The Labute approximate surface area is 152 Å². The molecule has 0 spiro atoms. The maximum absolute atomic E-state index is 13.3.